The van der Waals surface area contributed by atoms with Gasteiger partial charge in [-0.1, -0.05) is 0 Å². The van der Waals surface area contributed by atoms with E-state index in [4.69, 9.17) is 0 Å². The average Bonchev–Trinajstić information content (AvgIpc) is 1.85. The second-order valence-corrected chi connectivity index (χ2v) is 3.32. The van der Waals surface area contributed by atoms with Crippen LogP contribution in [0.2, 0.25) is 0 Å². The van der Waals surface area contributed by atoms with Gasteiger partial charge in [-0.25, -0.2) is 0 Å². The van der Waals surface area contributed by atoms with Crippen LogP contribution in [-0.4, -0.2) is 16.6 Å². The van der Waals surface area contributed by atoms with Gasteiger partial charge in [0, 0.05) is 12.3 Å². The highest BCUT2D eigenvalue weighted by Gasteiger charge is 2.09. The van der Waals surface area contributed by atoms with Crippen molar-refractivity contribution in [2.75, 3.05) is 7.05 Å². The summed E-state index contributed by atoms with van der Waals surface area (Å²) in [6, 6.07) is 0. The predicted molar refractivity (Wildman–Crippen MR) is 32.9 cm³/mol. The fourth-order valence-electron chi connectivity index (χ4n) is 0.616. The minimum Gasteiger partial charge on any atom is -0.874 e. The van der Waals surface area contributed by atoms with E-state index in [2.05, 4.69) is 0 Å². The predicted octanol–water partition coefficient (Wildman–Crippen LogP) is 0.170. The van der Waals surface area contributed by atoms with Crippen LogP contribution in [0.15, 0.2) is 12.0 Å². The standard InChI is InChI=1S/C5H9NOS/c1-4-5(7)3-6(2)8-4/h3-4,7H,1-2H3/p-1. The lowest BCUT2D eigenvalue weighted by Crippen LogP contribution is -2.10. The molecule has 1 unspecified atom stereocenters. The van der Waals surface area contributed by atoms with E-state index in [0.29, 0.717) is 0 Å². The fraction of sp³-hybridized carbons (Fsp3) is 0.600. The highest BCUT2D eigenvalue weighted by atomic mass is 32.2. The van der Waals surface area contributed by atoms with Crippen LogP contribution in [0.1, 0.15) is 6.92 Å². The summed E-state index contributed by atoms with van der Waals surface area (Å²) in [4.78, 5) is 0. The van der Waals surface area contributed by atoms with Crippen molar-refractivity contribution in [3.05, 3.63) is 12.0 Å². The highest BCUT2D eigenvalue weighted by Crippen LogP contribution is 2.25. The molecular weight excluding hydrogens is 122 g/mol. The normalized spacial score (nSPS) is 28.5. The fourth-order valence-corrected chi connectivity index (χ4v) is 1.44. The van der Waals surface area contributed by atoms with Crippen molar-refractivity contribution in [1.29, 1.82) is 0 Å². The molecular formula is C5H8NOS-. The van der Waals surface area contributed by atoms with Crippen LogP contribution in [0.3, 0.4) is 0 Å². The van der Waals surface area contributed by atoms with E-state index in [1.807, 2.05) is 18.3 Å². The summed E-state index contributed by atoms with van der Waals surface area (Å²) in [6.45, 7) is 1.91. The smallest absolute Gasteiger partial charge is 0.0343 e. The van der Waals surface area contributed by atoms with Gasteiger partial charge in [0.1, 0.15) is 0 Å². The van der Waals surface area contributed by atoms with Gasteiger partial charge in [0.25, 0.3) is 0 Å². The average molecular weight is 130 g/mol. The molecule has 0 fully saturated rings. The molecule has 46 valence electrons. The zero-order chi connectivity index (χ0) is 6.15. The van der Waals surface area contributed by atoms with Crippen LogP contribution in [0.4, 0.5) is 0 Å². The summed E-state index contributed by atoms with van der Waals surface area (Å²) in [5.74, 6) is 0.220. The molecule has 1 atom stereocenters. The lowest BCUT2D eigenvalue weighted by atomic mass is 10.4. The van der Waals surface area contributed by atoms with E-state index in [9.17, 15) is 5.11 Å². The van der Waals surface area contributed by atoms with E-state index in [0.717, 1.165) is 0 Å². The van der Waals surface area contributed by atoms with Gasteiger partial charge in [-0.05, 0) is 25.1 Å². The van der Waals surface area contributed by atoms with Crippen LogP contribution in [0.5, 0.6) is 0 Å². The molecule has 0 amide bonds. The second kappa shape index (κ2) is 1.90. The minimum atomic E-state index is 0.139. The Morgan fingerprint density at radius 1 is 1.88 bits per heavy atom. The molecule has 1 rings (SSSR count). The lowest BCUT2D eigenvalue weighted by Gasteiger charge is -2.09. The molecule has 0 spiro atoms. The highest BCUT2D eigenvalue weighted by molar-refractivity contribution is 7.98. The first-order valence-corrected chi connectivity index (χ1v) is 3.32. The summed E-state index contributed by atoms with van der Waals surface area (Å²) < 4.78 is 1.84. The Balaban J connectivity index is 2.59. The van der Waals surface area contributed by atoms with Crippen molar-refractivity contribution in [2.24, 2.45) is 0 Å². The molecule has 1 heterocycles. The first-order chi connectivity index (χ1) is 3.70. The number of nitrogens with zero attached hydrogens (tertiary/aromatic N) is 1. The molecule has 0 bridgehead atoms. The molecule has 0 radical (unpaired) electrons. The van der Waals surface area contributed by atoms with Crippen LogP contribution in [-0.2, 0) is 0 Å². The van der Waals surface area contributed by atoms with Gasteiger partial charge in [-0.15, -0.1) is 5.76 Å². The first-order valence-electron chi connectivity index (χ1n) is 2.48. The molecule has 1 aliphatic rings. The van der Waals surface area contributed by atoms with E-state index < -0.39 is 0 Å². The summed E-state index contributed by atoms with van der Waals surface area (Å²) in [7, 11) is 1.88. The Morgan fingerprint density at radius 3 is 2.62 bits per heavy atom. The monoisotopic (exact) mass is 130 g/mol. The quantitative estimate of drug-likeness (QED) is 0.437. The topological polar surface area (TPSA) is 26.3 Å². The van der Waals surface area contributed by atoms with Crippen LogP contribution in [0.25, 0.3) is 0 Å². The van der Waals surface area contributed by atoms with Gasteiger partial charge in [0.05, 0.1) is 0 Å². The molecule has 1 aliphatic heterocycles. The number of hydrogen-bond donors (Lipinski definition) is 0. The molecule has 0 aromatic heterocycles. The van der Waals surface area contributed by atoms with E-state index in [1.165, 1.54) is 0 Å². The third-order valence-electron chi connectivity index (χ3n) is 1.03. The maximum absolute atomic E-state index is 10.7. The number of rotatable bonds is 0. The van der Waals surface area contributed by atoms with Crippen LogP contribution >= 0.6 is 11.9 Å². The maximum atomic E-state index is 10.7. The van der Waals surface area contributed by atoms with E-state index in [-0.39, 0.29) is 11.0 Å². The van der Waals surface area contributed by atoms with Gasteiger partial charge in [-0.2, -0.15) is 0 Å². The Bertz CT molecular complexity index is 124. The van der Waals surface area contributed by atoms with E-state index in [1.54, 1.807) is 18.1 Å². The van der Waals surface area contributed by atoms with Crippen molar-refractivity contribution in [3.8, 4) is 0 Å². The Hall–Kier alpha value is -0.310. The molecule has 0 N–H and O–H groups in total. The molecule has 0 aliphatic carbocycles. The molecule has 0 aromatic carbocycles. The van der Waals surface area contributed by atoms with Gasteiger partial charge in [0.15, 0.2) is 0 Å². The Morgan fingerprint density at radius 2 is 2.50 bits per heavy atom. The maximum Gasteiger partial charge on any atom is 0.0343 e. The second-order valence-electron chi connectivity index (χ2n) is 1.83. The zero-order valence-corrected chi connectivity index (χ0v) is 5.73. The largest absolute Gasteiger partial charge is 0.874 e. The lowest BCUT2D eigenvalue weighted by molar-refractivity contribution is -0.304. The minimum absolute atomic E-state index is 0.139. The van der Waals surface area contributed by atoms with Gasteiger partial charge in [-0.3, -0.25) is 0 Å². The summed E-state index contributed by atoms with van der Waals surface area (Å²) in [6.07, 6.45) is 1.62. The van der Waals surface area contributed by atoms with Crippen LogP contribution < -0.4 is 5.11 Å². The van der Waals surface area contributed by atoms with Crippen molar-refractivity contribution in [2.45, 2.75) is 12.2 Å². The summed E-state index contributed by atoms with van der Waals surface area (Å²) in [5, 5.41) is 10.8. The SMILES string of the molecule is CC1SN(C)C=C1[O-]. The molecule has 0 saturated heterocycles. The third kappa shape index (κ3) is 0.916. The van der Waals surface area contributed by atoms with E-state index >= 15 is 0 Å². The molecule has 0 aromatic rings. The van der Waals surface area contributed by atoms with Crippen molar-refractivity contribution in [3.63, 3.8) is 0 Å². The Kier molecular flexibility index (Phi) is 1.38. The summed E-state index contributed by atoms with van der Waals surface area (Å²) >= 11 is 1.56. The molecule has 0 saturated carbocycles. The first kappa shape index (κ1) is 5.82. The molecule has 3 heteroatoms. The van der Waals surface area contributed by atoms with Gasteiger partial charge >= 0.3 is 0 Å². The van der Waals surface area contributed by atoms with Crippen molar-refractivity contribution in [1.82, 2.24) is 4.31 Å². The van der Waals surface area contributed by atoms with Gasteiger partial charge < -0.3 is 9.41 Å². The number of hydrogen-bond acceptors (Lipinski definition) is 3. The molecule has 8 heavy (non-hydrogen) atoms. The van der Waals surface area contributed by atoms with Crippen molar-refractivity contribution < 1.29 is 5.11 Å². The third-order valence-corrected chi connectivity index (χ3v) is 2.02. The molecule has 2 nitrogen and oxygen atoms in total. The summed E-state index contributed by atoms with van der Waals surface area (Å²) in [5.41, 5.74) is 0. The van der Waals surface area contributed by atoms with Gasteiger partial charge in [0.2, 0.25) is 0 Å². The van der Waals surface area contributed by atoms with Crippen molar-refractivity contribution >= 4 is 11.9 Å². The van der Waals surface area contributed by atoms with Crippen LogP contribution in [0, 0.1) is 0 Å². The zero-order valence-electron chi connectivity index (χ0n) is 4.92. The Labute approximate surface area is 53.3 Å².